The van der Waals surface area contributed by atoms with Crippen LogP contribution in [0.15, 0.2) is 83.8 Å². The monoisotopic (exact) mass is 387 g/mol. The molecule has 0 radical (unpaired) electrons. The number of allylic oxidation sites excluding steroid dienone is 1. The number of carbonyl (C=O) groups excluding carboxylic acids is 2. The van der Waals surface area contributed by atoms with E-state index >= 15 is 0 Å². The normalized spacial score (nSPS) is 11.3. The molecule has 1 aromatic heterocycles. The first-order chi connectivity index (χ1) is 13.9. The Morgan fingerprint density at radius 2 is 1.52 bits per heavy atom. The van der Waals surface area contributed by atoms with Gasteiger partial charge in [-0.2, -0.15) is 0 Å². The first kappa shape index (κ1) is 20.0. The van der Waals surface area contributed by atoms with E-state index in [1.54, 1.807) is 12.3 Å². The van der Waals surface area contributed by atoms with Crippen molar-refractivity contribution in [2.45, 2.75) is 19.9 Å². The molecule has 2 aromatic carbocycles. The van der Waals surface area contributed by atoms with Crippen molar-refractivity contribution in [1.29, 1.82) is 0 Å². The Hall–Kier alpha value is -3.73. The maximum absolute atomic E-state index is 12.9. The molecule has 5 heteroatoms. The smallest absolute Gasteiger partial charge is 0.261 e. The number of hydrogen-bond donors (Lipinski definition) is 1. The number of pyridine rings is 1. The third kappa shape index (κ3) is 5.17. The highest BCUT2D eigenvalue weighted by Crippen LogP contribution is 2.15. The van der Waals surface area contributed by atoms with Crippen molar-refractivity contribution in [2.24, 2.45) is 0 Å². The number of aromatic nitrogens is 1. The minimum atomic E-state index is -0.857. The second kappa shape index (κ2) is 8.97. The van der Waals surface area contributed by atoms with Gasteiger partial charge in [0.1, 0.15) is 5.76 Å². The predicted octanol–water partition coefficient (Wildman–Crippen LogP) is 3.54. The standard InChI is InChI=1S/C24H21NO4/c1-17(26)22(27)14-23(28)21-13-20(12-18-8-4-2-5-9-18)16-25(24(21)29)15-19-10-6-3-7-11-19/h2-11,13-14,16,28H,12,15H2,1H3. The van der Waals surface area contributed by atoms with Crippen molar-refractivity contribution < 1.29 is 14.7 Å². The number of nitrogens with zero attached hydrogens (tertiary/aromatic N) is 1. The van der Waals surface area contributed by atoms with Crippen LogP contribution >= 0.6 is 0 Å². The third-order valence-corrected chi connectivity index (χ3v) is 4.48. The summed E-state index contributed by atoms with van der Waals surface area (Å²) >= 11 is 0. The van der Waals surface area contributed by atoms with Gasteiger partial charge in [-0.25, -0.2) is 0 Å². The lowest BCUT2D eigenvalue weighted by Gasteiger charge is -2.12. The first-order valence-electron chi connectivity index (χ1n) is 9.21. The van der Waals surface area contributed by atoms with Gasteiger partial charge >= 0.3 is 0 Å². The van der Waals surface area contributed by atoms with E-state index in [1.165, 1.54) is 4.57 Å². The van der Waals surface area contributed by atoms with Crippen LogP contribution in [0.4, 0.5) is 0 Å². The lowest BCUT2D eigenvalue weighted by molar-refractivity contribution is -0.132. The van der Waals surface area contributed by atoms with Crippen molar-refractivity contribution in [3.05, 3.63) is 112 Å². The summed E-state index contributed by atoms with van der Waals surface area (Å²) in [5.74, 6) is -2.07. The van der Waals surface area contributed by atoms with Crippen LogP contribution in [0.5, 0.6) is 0 Å². The van der Waals surface area contributed by atoms with Gasteiger partial charge in [0.15, 0.2) is 5.78 Å². The molecule has 3 rings (SSSR count). The number of rotatable bonds is 7. The molecule has 0 amide bonds. The maximum atomic E-state index is 12.9. The number of ketones is 2. The molecule has 1 N–H and O–H groups in total. The minimum Gasteiger partial charge on any atom is -0.507 e. The van der Waals surface area contributed by atoms with Crippen LogP contribution < -0.4 is 5.56 Å². The molecule has 1 heterocycles. The Labute approximate surface area is 168 Å². The Kier molecular flexibility index (Phi) is 6.19. The Morgan fingerprint density at radius 1 is 0.931 bits per heavy atom. The summed E-state index contributed by atoms with van der Waals surface area (Å²) in [6.07, 6.45) is 3.11. The topological polar surface area (TPSA) is 76.4 Å². The van der Waals surface area contributed by atoms with Gasteiger partial charge in [0.25, 0.3) is 5.56 Å². The molecular formula is C24H21NO4. The van der Waals surface area contributed by atoms with E-state index in [-0.39, 0.29) is 5.56 Å². The molecule has 0 aliphatic heterocycles. The van der Waals surface area contributed by atoms with Crippen molar-refractivity contribution >= 4 is 17.3 Å². The third-order valence-electron chi connectivity index (χ3n) is 4.48. The van der Waals surface area contributed by atoms with Crippen molar-refractivity contribution in [2.75, 3.05) is 0 Å². The van der Waals surface area contributed by atoms with Gasteiger partial charge in [-0.15, -0.1) is 0 Å². The molecule has 0 aliphatic rings. The highest BCUT2D eigenvalue weighted by Gasteiger charge is 2.14. The van der Waals surface area contributed by atoms with Gasteiger partial charge in [0.05, 0.1) is 12.1 Å². The van der Waals surface area contributed by atoms with Crippen molar-refractivity contribution in [3.63, 3.8) is 0 Å². The summed E-state index contributed by atoms with van der Waals surface area (Å²) < 4.78 is 1.51. The second-order valence-electron chi connectivity index (χ2n) is 6.79. The van der Waals surface area contributed by atoms with Crippen LogP contribution in [0.25, 0.3) is 5.76 Å². The van der Waals surface area contributed by atoms with Gasteiger partial charge in [-0.1, -0.05) is 60.7 Å². The molecule has 3 aromatic rings. The Bertz CT molecular complexity index is 1110. The summed E-state index contributed by atoms with van der Waals surface area (Å²) in [4.78, 5) is 35.9. The van der Waals surface area contributed by atoms with Gasteiger partial charge in [0.2, 0.25) is 5.78 Å². The molecule has 0 fully saturated rings. The average Bonchev–Trinajstić information content (AvgIpc) is 2.71. The molecule has 146 valence electrons. The van der Waals surface area contributed by atoms with E-state index in [2.05, 4.69) is 0 Å². The minimum absolute atomic E-state index is 0.0102. The predicted molar refractivity (Wildman–Crippen MR) is 112 cm³/mol. The van der Waals surface area contributed by atoms with Crippen LogP contribution in [-0.4, -0.2) is 21.2 Å². The highest BCUT2D eigenvalue weighted by molar-refractivity contribution is 6.41. The fourth-order valence-electron chi connectivity index (χ4n) is 3.01. The van der Waals surface area contributed by atoms with Crippen LogP contribution in [0.1, 0.15) is 29.2 Å². The maximum Gasteiger partial charge on any atom is 0.261 e. The highest BCUT2D eigenvalue weighted by atomic mass is 16.3. The van der Waals surface area contributed by atoms with Crippen LogP contribution in [0.2, 0.25) is 0 Å². The Balaban J connectivity index is 2.07. The zero-order chi connectivity index (χ0) is 20.8. The molecule has 0 unspecified atom stereocenters. The molecule has 0 aliphatic carbocycles. The number of hydrogen-bond acceptors (Lipinski definition) is 4. The number of carbonyl (C=O) groups is 2. The largest absolute Gasteiger partial charge is 0.507 e. The van der Waals surface area contributed by atoms with E-state index in [0.29, 0.717) is 13.0 Å². The van der Waals surface area contributed by atoms with E-state index in [4.69, 9.17) is 0 Å². The second-order valence-corrected chi connectivity index (χ2v) is 6.79. The molecular weight excluding hydrogens is 366 g/mol. The van der Waals surface area contributed by atoms with E-state index in [9.17, 15) is 19.5 Å². The summed E-state index contributed by atoms with van der Waals surface area (Å²) in [6.45, 7) is 1.44. The van der Waals surface area contributed by atoms with Crippen LogP contribution in [0.3, 0.4) is 0 Å². The molecule has 0 saturated carbocycles. The zero-order valence-corrected chi connectivity index (χ0v) is 16.0. The van der Waals surface area contributed by atoms with E-state index in [1.807, 2.05) is 60.7 Å². The molecule has 0 bridgehead atoms. The summed E-state index contributed by atoms with van der Waals surface area (Å²) in [5.41, 5.74) is 2.34. The molecule has 0 spiro atoms. The lowest BCUT2D eigenvalue weighted by Crippen LogP contribution is -2.25. The summed E-state index contributed by atoms with van der Waals surface area (Å²) in [7, 11) is 0. The van der Waals surface area contributed by atoms with Gasteiger partial charge in [-0.3, -0.25) is 14.4 Å². The first-order valence-corrected chi connectivity index (χ1v) is 9.21. The number of aliphatic hydroxyl groups is 1. The zero-order valence-electron chi connectivity index (χ0n) is 16.0. The lowest BCUT2D eigenvalue weighted by atomic mass is 10.0. The molecule has 29 heavy (non-hydrogen) atoms. The van der Waals surface area contributed by atoms with Gasteiger partial charge in [0, 0.05) is 19.2 Å². The fourth-order valence-corrected chi connectivity index (χ4v) is 3.01. The number of Topliss-reactive ketones (excluding diaryl/α,β-unsaturated/α-hetero) is 1. The van der Waals surface area contributed by atoms with Gasteiger partial charge in [-0.05, 0) is 29.2 Å². The molecule has 5 nitrogen and oxygen atoms in total. The van der Waals surface area contributed by atoms with Crippen LogP contribution in [-0.2, 0) is 22.6 Å². The molecule has 0 saturated heterocycles. The van der Waals surface area contributed by atoms with Gasteiger partial charge < -0.3 is 9.67 Å². The van der Waals surface area contributed by atoms with E-state index in [0.717, 1.165) is 29.7 Å². The quantitative estimate of drug-likeness (QED) is 0.382. The van der Waals surface area contributed by atoms with Crippen molar-refractivity contribution in [1.82, 2.24) is 4.57 Å². The molecule has 0 atom stereocenters. The van der Waals surface area contributed by atoms with Crippen molar-refractivity contribution in [3.8, 4) is 0 Å². The summed E-state index contributed by atoms with van der Waals surface area (Å²) in [6, 6.07) is 20.8. The number of aliphatic hydroxyl groups excluding tert-OH is 1. The van der Waals surface area contributed by atoms with Crippen LogP contribution in [0, 0.1) is 0 Å². The number of benzene rings is 2. The fraction of sp³-hybridized carbons (Fsp3) is 0.125. The van der Waals surface area contributed by atoms with E-state index < -0.39 is 22.9 Å². The SMILES string of the molecule is CC(=O)C(=O)C=C(O)c1cc(Cc2ccccc2)cn(Cc2ccccc2)c1=O. The Morgan fingerprint density at radius 3 is 2.10 bits per heavy atom. The average molecular weight is 387 g/mol. The summed E-state index contributed by atoms with van der Waals surface area (Å²) in [5, 5.41) is 10.4.